The molecular weight excluding hydrogens is 306 g/mol. The van der Waals surface area contributed by atoms with Crippen LogP contribution in [0.15, 0.2) is 42.5 Å². The number of carbonyl (C=O) groups is 1. The van der Waals surface area contributed by atoms with E-state index in [-0.39, 0.29) is 18.8 Å². The van der Waals surface area contributed by atoms with E-state index >= 15 is 0 Å². The fourth-order valence-electron chi connectivity index (χ4n) is 3.03. The van der Waals surface area contributed by atoms with E-state index in [2.05, 4.69) is 31.2 Å². The van der Waals surface area contributed by atoms with Crippen LogP contribution >= 0.6 is 0 Å². The van der Waals surface area contributed by atoms with Crippen LogP contribution in [0.4, 0.5) is 0 Å². The van der Waals surface area contributed by atoms with Gasteiger partial charge in [0.25, 0.3) is 5.91 Å². The number of carbonyl (C=O) groups excluding carboxylic acids is 1. The molecule has 1 amide bonds. The van der Waals surface area contributed by atoms with Gasteiger partial charge in [-0.25, -0.2) is 0 Å². The zero-order valence-corrected chi connectivity index (χ0v) is 13.5. The Balaban J connectivity index is 1.51. The summed E-state index contributed by atoms with van der Waals surface area (Å²) in [5.41, 5.74) is 2.93. The molecule has 2 aromatic carbocycles. The maximum Gasteiger partial charge on any atom is 0.254 e. The lowest BCUT2D eigenvalue weighted by Crippen LogP contribution is -2.42. The smallest absolute Gasteiger partial charge is 0.254 e. The van der Waals surface area contributed by atoms with Crippen LogP contribution in [0.3, 0.4) is 0 Å². The minimum Gasteiger partial charge on any atom is -0.454 e. The maximum atomic E-state index is 12.8. The first kappa shape index (κ1) is 15.0. The summed E-state index contributed by atoms with van der Waals surface area (Å²) in [7, 11) is 0. The first-order valence-electron chi connectivity index (χ1n) is 8.08. The number of ether oxygens (including phenoxy) is 3. The monoisotopic (exact) mass is 325 g/mol. The van der Waals surface area contributed by atoms with Gasteiger partial charge in [0.2, 0.25) is 6.79 Å². The highest BCUT2D eigenvalue weighted by molar-refractivity contribution is 5.95. The number of amides is 1. The van der Waals surface area contributed by atoms with Crippen molar-refractivity contribution in [1.29, 1.82) is 0 Å². The second kappa shape index (κ2) is 6.17. The van der Waals surface area contributed by atoms with Gasteiger partial charge in [-0.05, 0) is 30.7 Å². The predicted molar refractivity (Wildman–Crippen MR) is 88.3 cm³/mol. The maximum absolute atomic E-state index is 12.8. The van der Waals surface area contributed by atoms with Crippen molar-refractivity contribution < 1.29 is 19.0 Å². The third-order valence-corrected chi connectivity index (χ3v) is 4.42. The van der Waals surface area contributed by atoms with Gasteiger partial charge in [-0.1, -0.05) is 29.8 Å². The van der Waals surface area contributed by atoms with Crippen molar-refractivity contribution in [1.82, 2.24) is 4.90 Å². The number of rotatable bonds is 2. The topological polar surface area (TPSA) is 48.0 Å². The summed E-state index contributed by atoms with van der Waals surface area (Å²) in [5.74, 6) is 1.31. The third kappa shape index (κ3) is 2.83. The van der Waals surface area contributed by atoms with Gasteiger partial charge in [0.15, 0.2) is 11.5 Å². The molecule has 2 aromatic rings. The molecule has 0 aromatic heterocycles. The van der Waals surface area contributed by atoms with E-state index in [0.717, 1.165) is 5.56 Å². The third-order valence-electron chi connectivity index (χ3n) is 4.42. The Kier molecular flexibility index (Phi) is 3.86. The molecule has 5 nitrogen and oxygen atoms in total. The minimum absolute atomic E-state index is 0.00582. The molecule has 1 unspecified atom stereocenters. The Morgan fingerprint density at radius 3 is 2.71 bits per heavy atom. The molecule has 0 saturated carbocycles. The van der Waals surface area contributed by atoms with Gasteiger partial charge in [-0.3, -0.25) is 4.79 Å². The number of hydrogen-bond acceptors (Lipinski definition) is 4. The van der Waals surface area contributed by atoms with Crippen LogP contribution in [0, 0.1) is 6.92 Å². The quantitative estimate of drug-likeness (QED) is 0.852. The molecule has 1 saturated heterocycles. The molecule has 24 heavy (non-hydrogen) atoms. The average Bonchev–Trinajstić information content (AvgIpc) is 3.09. The van der Waals surface area contributed by atoms with Crippen LogP contribution in [-0.2, 0) is 4.74 Å². The Hall–Kier alpha value is -2.53. The van der Waals surface area contributed by atoms with E-state index in [1.807, 2.05) is 4.90 Å². The van der Waals surface area contributed by atoms with Crippen molar-refractivity contribution in [3.8, 4) is 11.5 Å². The molecule has 1 atom stereocenters. The molecule has 0 N–H and O–H groups in total. The van der Waals surface area contributed by atoms with Crippen molar-refractivity contribution in [2.75, 3.05) is 26.5 Å². The second-order valence-corrected chi connectivity index (χ2v) is 6.09. The molecule has 2 heterocycles. The zero-order chi connectivity index (χ0) is 16.5. The second-order valence-electron chi connectivity index (χ2n) is 6.09. The Labute approximate surface area is 140 Å². The first-order valence-corrected chi connectivity index (χ1v) is 8.08. The molecule has 0 aliphatic carbocycles. The van der Waals surface area contributed by atoms with E-state index in [1.165, 1.54) is 5.56 Å². The van der Waals surface area contributed by atoms with E-state index in [9.17, 15) is 4.79 Å². The van der Waals surface area contributed by atoms with Crippen LogP contribution in [0.1, 0.15) is 27.6 Å². The van der Waals surface area contributed by atoms with Gasteiger partial charge in [-0.15, -0.1) is 0 Å². The normalized spacial score (nSPS) is 19.4. The highest BCUT2D eigenvalue weighted by Gasteiger charge is 2.27. The van der Waals surface area contributed by atoms with Gasteiger partial charge in [0.1, 0.15) is 6.10 Å². The van der Waals surface area contributed by atoms with Crippen molar-refractivity contribution in [2.24, 2.45) is 0 Å². The van der Waals surface area contributed by atoms with Crippen LogP contribution in [-0.4, -0.2) is 37.3 Å². The highest BCUT2D eigenvalue weighted by Crippen LogP contribution is 2.33. The zero-order valence-electron chi connectivity index (χ0n) is 13.5. The summed E-state index contributed by atoms with van der Waals surface area (Å²) in [5, 5.41) is 0. The summed E-state index contributed by atoms with van der Waals surface area (Å²) in [6, 6.07) is 13.6. The predicted octanol–water partition coefficient (Wildman–Crippen LogP) is 2.94. The van der Waals surface area contributed by atoms with Gasteiger partial charge < -0.3 is 19.1 Å². The number of aryl methyl sites for hydroxylation is 1. The van der Waals surface area contributed by atoms with Gasteiger partial charge >= 0.3 is 0 Å². The highest BCUT2D eigenvalue weighted by atomic mass is 16.7. The first-order chi connectivity index (χ1) is 11.7. The lowest BCUT2D eigenvalue weighted by atomic mass is 10.1. The molecule has 4 rings (SSSR count). The van der Waals surface area contributed by atoms with Gasteiger partial charge in [0.05, 0.1) is 13.2 Å². The van der Waals surface area contributed by atoms with Gasteiger partial charge in [0, 0.05) is 12.1 Å². The molecule has 2 aliphatic heterocycles. The summed E-state index contributed by atoms with van der Waals surface area (Å²) in [4.78, 5) is 14.6. The van der Waals surface area contributed by atoms with Gasteiger partial charge in [-0.2, -0.15) is 0 Å². The summed E-state index contributed by atoms with van der Waals surface area (Å²) in [6.45, 7) is 3.95. The van der Waals surface area contributed by atoms with Crippen LogP contribution in [0.5, 0.6) is 11.5 Å². The Morgan fingerprint density at radius 2 is 1.88 bits per heavy atom. The molecule has 0 spiro atoms. The fraction of sp³-hybridized carbons (Fsp3) is 0.316. The molecular formula is C19H19NO4. The van der Waals surface area contributed by atoms with Crippen LogP contribution in [0.25, 0.3) is 0 Å². The van der Waals surface area contributed by atoms with E-state index < -0.39 is 0 Å². The standard InChI is InChI=1S/C19H19NO4/c1-13-2-4-14(5-3-13)18-11-20(8-9-22-18)19(21)15-6-7-16-17(10-15)24-12-23-16/h2-7,10,18H,8-9,11-12H2,1H3. The number of hydrogen-bond donors (Lipinski definition) is 0. The molecule has 2 aliphatic rings. The molecule has 0 bridgehead atoms. The van der Waals surface area contributed by atoms with Crippen molar-refractivity contribution in [3.63, 3.8) is 0 Å². The largest absolute Gasteiger partial charge is 0.454 e. The summed E-state index contributed by atoms with van der Waals surface area (Å²) < 4.78 is 16.5. The lowest BCUT2D eigenvalue weighted by molar-refractivity contribution is -0.0228. The Morgan fingerprint density at radius 1 is 1.08 bits per heavy atom. The number of benzene rings is 2. The molecule has 0 radical (unpaired) electrons. The molecule has 5 heteroatoms. The van der Waals surface area contributed by atoms with Crippen molar-refractivity contribution >= 4 is 5.91 Å². The number of morpholine rings is 1. The minimum atomic E-state index is -0.0858. The number of fused-ring (bicyclic) bond motifs is 1. The van der Waals surface area contributed by atoms with E-state index in [1.54, 1.807) is 18.2 Å². The van der Waals surface area contributed by atoms with E-state index in [4.69, 9.17) is 14.2 Å². The van der Waals surface area contributed by atoms with Crippen LogP contribution in [0.2, 0.25) is 0 Å². The van der Waals surface area contributed by atoms with Crippen molar-refractivity contribution in [2.45, 2.75) is 13.0 Å². The van der Waals surface area contributed by atoms with Crippen molar-refractivity contribution in [3.05, 3.63) is 59.2 Å². The molecule has 1 fully saturated rings. The van der Waals surface area contributed by atoms with Crippen LogP contribution < -0.4 is 9.47 Å². The summed E-state index contributed by atoms with van der Waals surface area (Å²) in [6.07, 6.45) is -0.0858. The fourth-order valence-corrected chi connectivity index (χ4v) is 3.03. The van der Waals surface area contributed by atoms with E-state index in [0.29, 0.717) is 36.8 Å². The lowest BCUT2D eigenvalue weighted by Gasteiger charge is -2.33. The molecule has 124 valence electrons. The summed E-state index contributed by atoms with van der Waals surface area (Å²) >= 11 is 0. The Bertz CT molecular complexity index is 756. The average molecular weight is 325 g/mol. The SMILES string of the molecule is Cc1ccc(C2CN(C(=O)c3ccc4c(c3)OCO4)CCO2)cc1. The number of nitrogens with zero attached hydrogens (tertiary/aromatic N) is 1.